The zero-order valence-electron chi connectivity index (χ0n) is 7.89. The summed E-state index contributed by atoms with van der Waals surface area (Å²) in [6, 6.07) is 0. The highest BCUT2D eigenvalue weighted by atomic mass is 127. The Balaban J connectivity index is 3.26. The maximum Gasteiger partial charge on any atom is 0.574 e. The lowest BCUT2D eigenvalue weighted by Crippen LogP contribution is -2.20. The van der Waals surface area contributed by atoms with Gasteiger partial charge >= 0.3 is 12.3 Å². The van der Waals surface area contributed by atoms with Crippen molar-refractivity contribution in [2.24, 2.45) is 0 Å². The Hall–Kier alpha value is -0.770. The van der Waals surface area contributed by atoms with Crippen molar-refractivity contribution >= 4 is 40.2 Å². The van der Waals surface area contributed by atoms with Crippen LogP contribution in [0.25, 0.3) is 0 Å². The molecule has 0 aliphatic heterocycles. The topological polar surface area (TPSA) is 59.4 Å². The predicted octanol–water partition coefficient (Wildman–Crippen LogP) is 3.02. The van der Waals surface area contributed by atoms with Gasteiger partial charge in [-0.3, -0.25) is 0 Å². The first-order valence-electron chi connectivity index (χ1n) is 3.98. The van der Waals surface area contributed by atoms with Crippen LogP contribution in [-0.2, 0) is 5.88 Å². The molecular formula is C8H4ClF3INO3. The van der Waals surface area contributed by atoms with Crippen molar-refractivity contribution in [2.75, 3.05) is 0 Å². The molecule has 0 saturated heterocycles. The van der Waals surface area contributed by atoms with Gasteiger partial charge in [0, 0.05) is 15.3 Å². The molecule has 1 N–H and O–H groups in total. The van der Waals surface area contributed by atoms with Gasteiger partial charge in [-0.2, -0.15) is 0 Å². The molecule has 0 atom stereocenters. The van der Waals surface area contributed by atoms with Crippen molar-refractivity contribution in [2.45, 2.75) is 12.2 Å². The monoisotopic (exact) mass is 381 g/mol. The highest BCUT2D eigenvalue weighted by Gasteiger charge is 2.33. The van der Waals surface area contributed by atoms with E-state index in [9.17, 15) is 18.0 Å². The number of pyridine rings is 1. The van der Waals surface area contributed by atoms with Gasteiger partial charge in [0.05, 0.1) is 11.4 Å². The van der Waals surface area contributed by atoms with Gasteiger partial charge in [0.1, 0.15) is 0 Å². The van der Waals surface area contributed by atoms with E-state index in [1.54, 1.807) is 22.6 Å². The number of rotatable bonds is 3. The molecule has 0 fully saturated rings. The van der Waals surface area contributed by atoms with Gasteiger partial charge in [-0.25, -0.2) is 9.78 Å². The van der Waals surface area contributed by atoms with Gasteiger partial charge in [-0.05, 0) is 22.6 Å². The van der Waals surface area contributed by atoms with Crippen molar-refractivity contribution < 1.29 is 27.8 Å². The molecule has 1 rings (SSSR count). The average molecular weight is 381 g/mol. The Bertz CT molecular complexity index is 452. The molecule has 0 amide bonds. The quantitative estimate of drug-likeness (QED) is 0.646. The fourth-order valence-corrected chi connectivity index (χ4v) is 2.24. The lowest BCUT2D eigenvalue weighted by atomic mass is 10.2. The number of hydrogen-bond donors (Lipinski definition) is 1. The number of aromatic carboxylic acids is 1. The van der Waals surface area contributed by atoms with E-state index in [0.717, 1.165) is 6.20 Å². The van der Waals surface area contributed by atoms with E-state index >= 15 is 0 Å². The third kappa shape index (κ3) is 3.60. The first-order chi connectivity index (χ1) is 7.76. The Morgan fingerprint density at radius 3 is 2.59 bits per heavy atom. The van der Waals surface area contributed by atoms with Crippen LogP contribution < -0.4 is 4.74 Å². The van der Waals surface area contributed by atoms with E-state index in [1.807, 2.05) is 0 Å². The third-order valence-corrected chi connectivity index (χ3v) is 3.15. The van der Waals surface area contributed by atoms with Crippen molar-refractivity contribution in [1.82, 2.24) is 4.98 Å². The fraction of sp³-hybridized carbons (Fsp3) is 0.250. The van der Waals surface area contributed by atoms with Gasteiger partial charge in [0.2, 0.25) is 5.88 Å². The summed E-state index contributed by atoms with van der Waals surface area (Å²) in [4.78, 5) is 14.0. The number of carbonyl (C=O) groups is 1. The molecule has 94 valence electrons. The Morgan fingerprint density at radius 1 is 1.59 bits per heavy atom. The molecule has 0 saturated carbocycles. The van der Waals surface area contributed by atoms with Crippen LogP contribution in [0, 0.1) is 3.57 Å². The Kier molecular flexibility index (Phi) is 4.42. The highest BCUT2D eigenvalue weighted by Crippen LogP contribution is 2.30. The minimum absolute atomic E-state index is 0.0688. The lowest BCUT2D eigenvalue weighted by molar-refractivity contribution is -0.276. The molecule has 17 heavy (non-hydrogen) atoms. The Morgan fingerprint density at radius 2 is 2.18 bits per heavy atom. The van der Waals surface area contributed by atoms with Crippen LogP contribution in [0.4, 0.5) is 13.2 Å². The van der Waals surface area contributed by atoms with E-state index in [2.05, 4.69) is 9.72 Å². The molecule has 9 heteroatoms. The first-order valence-corrected chi connectivity index (χ1v) is 5.60. The minimum Gasteiger partial charge on any atom is -0.478 e. The Labute approximate surface area is 112 Å². The van der Waals surface area contributed by atoms with Crippen LogP contribution in [0.5, 0.6) is 5.88 Å². The predicted molar refractivity (Wildman–Crippen MR) is 60.2 cm³/mol. The fourth-order valence-electron chi connectivity index (χ4n) is 0.977. The zero-order valence-corrected chi connectivity index (χ0v) is 10.8. The summed E-state index contributed by atoms with van der Waals surface area (Å²) >= 11 is 7.04. The number of halogens is 5. The molecular weight excluding hydrogens is 377 g/mol. The average Bonchev–Trinajstić information content (AvgIpc) is 2.15. The van der Waals surface area contributed by atoms with Gasteiger partial charge in [0.25, 0.3) is 0 Å². The summed E-state index contributed by atoms with van der Waals surface area (Å²) in [5, 5.41) is 8.76. The largest absolute Gasteiger partial charge is 0.574 e. The second-order valence-corrected chi connectivity index (χ2v) is 4.10. The van der Waals surface area contributed by atoms with Crippen molar-refractivity contribution in [3.05, 3.63) is 20.9 Å². The third-order valence-electron chi connectivity index (χ3n) is 1.65. The molecule has 4 nitrogen and oxygen atoms in total. The number of carboxylic acids is 1. The van der Waals surface area contributed by atoms with Crippen LogP contribution >= 0.6 is 34.2 Å². The number of hydrogen-bond acceptors (Lipinski definition) is 3. The zero-order chi connectivity index (χ0) is 13.2. The standard InChI is InChI=1S/C8H4ClF3INO3/c9-1-3-5(13)4(7(15)16)2-14-6(3)17-8(10,11)12/h2H,1H2,(H,15,16). The second-order valence-electron chi connectivity index (χ2n) is 2.76. The smallest absolute Gasteiger partial charge is 0.478 e. The second kappa shape index (κ2) is 5.25. The minimum atomic E-state index is -4.90. The number of alkyl halides is 4. The van der Waals surface area contributed by atoms with E-state index in [4.69, 9.17) is 16.7 Å². The number of aromatic nitrogens is 1. The summed E-state index contributed by atoms with van der Waals surface area (Å²) in [7, 11) is 0. The van der Waals surface area contributed by atoms with E-state index in [-0.39, 0.29) is 20.6 Å². The van der Waals surface area contributed by atoms with Gasteiger partial charge in [0.15, 0.2) is 0 Å². The number of carboxylic acid groups (broad SMARTS) is 1. The highest BCUT2D eigenvalue weighted by molar-refractivity contribution is 14.1. The molecule has 0 aromatic carbocycles. The molecule has 0 spiro atoms. The van der Waals surface area contributed by atoms with Crippen LogP contribution in [0.3, 0.4) is 0 Å². The number of ether oxygens (including phenoxy) is 1. The molecule has 0 bridgehead atoms. The van der Waals surface area contributed by atoms with Crippen LogP contribution in [0.2, 0.25) is 0 Å². The summed E-state index contributed by atoms with van der Waals surface area (Å²) < 4.78 is 39.8. The molecule has 0 radical (unpaired) electrons. The maximum absolute atomic E-state index is 12.0. The molecule has 1 aromatic rings. The SMILES string of the molecule is O=C(O)c1cnc(OC(F)(F)F)c(CCl)c1I. The summed E-state index contributed by atoms with van der Waals surface area (Å²) in [6.45, 7) is 0. The molecule has 0 aliphatic rings. The normalized spacial score (nSPS) is 11.4. The maximum atomic E-state index is 12.0. The van der Waals surface area contributed by atoms with E-state index in [0.29, 0.717) is 0 Å². The lowest BCUT2D eigenvalue weighted by Gasteiger charge is -2.13. The summed E-state index contributed by atoms with van der Waals surface area (Å²) in [6.07, 6.45) is -4.11. The van der Waals surface area contributed by atoms with Gasteiger partial charge in [-0.1, -0.05) is 0 Å². The van der Waals surface area contributed by atoms with Crippen LogP contribution in [0.1, 0.15) is 15.9 Å². The van der Waals surface area contributed by atoms with Crippen LogP contribution in [-0.4, -0.2) is 22.4 Å². The van der Waals surface area contributed by atoms with Crippen molar-refractivity contribution in [1.29, 1.82) is 0 Å². The molecule has 0 aliphatic carbocycles. The number of nitrogens with zero attached hydrogens (tertiary/aromatic N) is 1. The van der Waals surface area contributed by atoms with Gasteiger partial charge < -0.3 is 9.84 Å². The van der Waals surface area contributed by atoms with Crippen molar-refractivity contribution in [3.63, 3.8) is 0 Å². The summed E-state index contributed by atoms with van der Waals surface area (Å²) in [5.41, 5.74) is -0.333. The summed E-state index contributed by atoms with van der Waals surface area (Å²) in [5.74, 6) is -2.37. The molecule has 1 heterocycles. The van der Waals surface area contributed by atoms with Gasteiger partial charge in [-0.15, -0.1) is 24.8 Å². The van der Waals surface area contributed by atoms with Crippen LogP contribution in [0.15, 0.2) is 6.20 Å². The first kappa shape index (κ1) is 14.3. The van der Waals surface area contributed by atoms with Crippen molar-refractivity contribution in [3.8, 4) is 5.88 Å². The van der Waals surface area contributed by atoms with E-state index in [1.165, 1.54) is 0 Å². The molecule has 0 unspecified atom stereocenters. The molecule has 1 aromatic heterocycles. The van der Waals surface area contributed by atoms with E-state index < -0.39 is 18.2 Å².